The summed E-state index contributed by atoms with van der Waals surface area (Å²) < 4.78 is 22.7. The topological polar surface area (TPSA) is 106 Å². The van der Waals surface area contributed by atoms with E-state index in [0.29, 0.717) is 0 Å². The molecular formula is C6H15N3O3S. The zero-order valence-corrected chi connectivity index (χ0v) is 8.54. The second-order valence-electron chi connectivity index (χ2n) is 3.20. The molecule has 1 amide bonds. The van der Waals surface area contributed by atoms with Crippen LogP contribution in [0.1, 0.15) is 13.8 Å². The monoisotopic (exact) mass is 209 g/mol. The van der Waals surface area contributed by atoms with Crippen molar-refractivity contribution in [2.24, 2.45) is 16.8 Å². The minimum atomic E-state index is -3.82. The van der Waals surface area contributed by atoms with Gasteiger partial charge < -0.3 is 5.73 Å². The third-order valence-electron chi connectivity index (χ3n) is 1.26. The Hall–Kier alpha value is -0.660. The first-order chi connectivity index (χ1) is 5.73. The summed E-state index contributed by atoms with van der Waals surface area (Å²) >= 11 is 0. The van der Waals surface area contributed by atoms with Crippen molar-refractivity contribution in [3.63, 3.8) is 0 Å². The molecule has 0 saturated heterocycles. The molecule has 0 unspecified atom stereocenters. The van der Waals surface area contributed by atoms with Gasteiger partial charge in [0.25, 0.3) is 10.2 Å². The minimum Gasteiger partial charge on any atom is -0.369 e. The smallest absolute Gasteiger partial charge is 0.277 e. The molecule has 0 aliphatic carbocycles. The summed E-state index contributed by atoms with van der Waals surface area (Å²) in [6, 6.07) is 0. The second-order valence-corrected chi connectivity index (χ2v) is 4.74. The van der Waals surface area contributed by atoms with Crippen LogP contribution in [0.3, 0.4) is 0 Å². The maximum Gasteiger partial charge on any atom is 0.277 e. The molecule has 13 heavy (non-hydrogen) atoms. The number of hydrogen-bond acceptors (Lipinski definition) is 3. The fourth-order valence-corrected chi connectivity index (χ4v) is 1.65. The second kappa shape index (κ2) is 4.54. The summed E-state index contributed by atoms with van der Waals surface area (Å²) in [5, 5.41) is 4.87. The van der Waals surface area contributed by atoms with E-state index in [2.05, 4.69) is 0 Å². The number of carbonyl (C=O) groups excluding carboxylic acids is 1. The molecule has 0 bridgehead atoms. The number of hydrogen-bond donors (Lipinski definition) is 2. The highest BCUT2D eigenvalue weighted by Crippen LogP contribution is 2.01. The molecule has 78 valence electrons. The highest BCUT2D eigenvalue weighted by atomic mass is 32.2. The van der Waals surface area contributed by atoms with Gasteiger partial charge in [-0.15, -0.1) is 0 Å². The Labute approximate surface area is 78.1 Å². The molecule has 4 N–H and O–H groups in total. The highest BCUT2D eigenvalue weighted by molar-refractivity contribution is 7.86. The van der Waals surface area contributed by atoms with Gasteiger partial charge in [-0.25, -0.2) is 5.14 Å². The van der Waals surface area contributed by atoms with Crippen LogP contribution in [0.4, 0.5) is 0 Å². The van der Waals surface area contributed by atoms with Gasteiger partial charge in [0.05, 0.1) is 6.54 Å². The Morgan fingerprint density at radius 2 is 1.92 bits per heavy atom. The van der Waals surface area contributed by atoms with Crippen LogP contribution < -0.4 is 10.9 Å². The van der Waals surface area contributed by atoms with Gasteiger partial charge in [0, 0.05) is 6.54 Å². The maximum atomic E-state index is 10.9. The first-order valence-corrected chi connectivity index (χ1v) is 5.30. The molecule has 0 aromatic heterocycles. The van der Waals surface area contributed by atoms with Gasteiger partial charge in [-0.1, -0.05) is 13.8 Å². The standard InChI is InChI=1S/C6H15N3O3S/c1-5(2)3-9(4-6(7)10)13(8,11)12/h5H,3-4H2,1-2H3,(H2,7,10)(H2,8,11,12). The largest absolute Gasteiger partial charge is 0.369 e. The number of rotatable bonds is 5. The summed E-state index contributed by atoms with van der Waals surface area (Å²) in [6.45, 7) is 3.47. The summed E-state index contributed by atoms with van der Waals surface area (Å²) in [5.41, 5.74) is 4.87. The zero-order chi connectivity index (χ0) is 10.6. The number of nitrogens with zero attached hydrogens (tertiary/aromatic N) is 1. The maximum absolute atomic E-state index is 10.9. The van der Waals surface area contributed by atoms with Gasteiger partial charge in [-0.05, 0) is 5.92 Å². The zero-order valence-electron chi connectivity index (χ0n) is 7.73. The van der Waals surface area contributed by atoms with E-state index in [0.717, 1.165) is 4.31 Å². The Morgan fingerprint density at radius 1 is 1.46 bits per heavy atom. The average Bonchev–Trinajstić information content (AvgIpc) is 1.81. The molecule has 0 aromatic rings. The molecule has 0 aliphatic heterocycles. The number of primary amides is 1. The van der Waals surface area contributed by atoms with Crippen molar-refractivity contribution in [1.29, 1.82) is 0 Å². The van der Waals surface area contributed by atoms with Crippen molar-refractivity contribution < 1.29 is 13.2 Å². The molecule has 0 saturated carbocycles. The lowest BCUT2D eigenvalue weighted by molar-refractivity contribution is -0.118. The van der Waals surface area contributed by atoms with Crippen molar-refractivity contribution in [2.45, 2.75) is 13.8 Å². The van der Waals surface area contributed by atoms with Crippen LogP contribution in [0.25, 0.3) is 0 Å². The molecule has 0 aliphatic rings. The lowest BCUT2D eigenvalue weighted by atomic mass is 10.2. The first-order valence-electron chi connectivity index (χ1n) is 3.79. The summed E-state index contributed by atoms with van der Waals surface area (Å²) in [4.78, 5) is 10.5. The van der Waals surface area contributed by atoms with Gasteiger partial charge in [0.2, 0.25) is 5.91 Å². The lowest BCUT2D eigenvalue weighted by Gasteiger charge is -2.19. The molecular weight excluding hydrogens is 194 g/mol. The Kier molecular flexibility index (Phi) is 4.31. The van der Waals surface area contributed by atoms with Crippen molar-refractivity contribution in [3.05, 3.63) is 0 Å². The Bertz CT molecular complexity index is 273. The molecule has 0 aromatic carbocycles. The van der Waals surface area contributed by atoms with Crippen molar-refractivity contribution in [1.82, 2.24) is 4.31 Å². The third kappa shape index (κ3) is 5.56. The molecule has 0 heterocycles. The molecule has 0 spiro atoms. The van der Waals surface area contributed by atoms with E-state index in [1.807, 2.05) is 13.8 Å². The van der Waals surface area contributed by atoms with Crippen molar-refractivity contribution in [2.75, 3.05) is 13.1 Å². The van der Waals surface area contributed by atoms with Crippen LogP contribution in [0.15, 0.2) is 0 Å². The third-order valence-corrected chi connectivity index (χ3v) is 2.26. The summed E-state index contributed by atoms with van der Waals surface area (Å²) in [6.07, 6.45) is 0. The Balaban J connectivity index is 4.47. The van der Waals surface area contributed by atoms with E-state index >= 15 is 0 Å². The molecule has 6 nitrogen and oxygen atoms in total. The van der Waals surface area contributed by atoms with Gasteiger partial charge in [0.15, 0.2) is 0 Å². The normalized spacial score (nSPS) is 12.4. The van der Waals surface area contributed by atoms with Crippen LogP contribution in [0.5, 0.6) is 0 Å². The van der Waals surface area contributed by atoms with Crippen molar-refractivity contribution in [3.8, 4) is 0 Å². The van der Waals surface area contributed by atoms with Crippen LogP contribution >= 0.6 is 0 Å². The van der Waals surface area contributed by atoms with E-state index in [-0.39, 0.29) is 19.0 Å². The minimum absolute atomic E-state index is 0.0951. The van der Waals surface area contributed by atoms with E-state index in [1.54, 1.807) is 0 Å². The fraction of sp³-hybridized carbons (Fsp3) is 0.833. The predicted molar refractivity (Wildman–Crippen MR) is 48.7 cm³/mol. The molecule has 0 rings (SSSR count). The average molecular weight is 209 g/mol. The van der Waals surface area contributed by atoms with E-state index < -0.39 is 16.1 Å². The lowest BCUT2D eigenvalue weighted by Crippen LogP contribution is -2.43. The first kappa shape index (κ1) is 12.3. The molecule has 0 radical (unpaired) electrons. The van der Waals surface area contributed by atoms with Gasteiger partial charge in [-0.3, -0.25) is 4.79 Å². The van der Waals surface area contributed by atoms with Crippen molar-refractivity contribution >= 4 is 16.1 Å². The fourth-order valence-electron chi connectivity index (χ4n) is 0.839. The SMILES string of the molecule is CC(C)CN(CC(N)=O)S(N)(=O)=O. The highest BCUT2D eigenvalue weighted by Gasteiger charge is 2.20. The molecule has 0 atom stereocenters. The molecule has 0 fully saturated rings. The van der Waals surface area contributed by atoms with Crippen LogP contribution in [0, 0.1) is 5.92 Å². The number of nitrogens with two attached hydrogens (primary N) is 2. The number of carbonyl (C=O) groups is 1. The van der Waals surface area contributed by atoms with E-state index in [9.17, 15) is 13.2 Å². The summed E-state index contributed by atoms with van der Waals surface area (Å²) in [5.74, 6) is -0.618. The number of amides is 1. The Morgan fingerprint density at radius 3 is 2.15 bits per heavy atom. The van der Waals surface area contributed by atoms with Gasteiger partial charge in [-0.2, -0.15) is 12.7 Å². The summed E-state index contributed by atoms with van der Waals surface area (Å²) in [7, 11) is -3.82. The van der Waals surface area contributed by atoms with Crippen LogP contribution in [0.2, 0.25) is 0 Å². The predicted octanol–water partition coefficient (Wildman–Crippen LogP) is -1.37. The van der Waals surface area contributed by atoms with Gasteiger partial charge in [0.1, 0.15) is 0 Å². The van der Waals surface area contributed by atoms with Crippen LogP contribution in [-0.4, -0.2) is 31.7 Å². The van der Waals surface area contributed by atoms with Gasteiger partial charge >= 0.3 is 0 Å². The van der Waals surface area contributed by atoms with E-state index in [4.69, 9.17) is 10.9 Å². The van der Waals surface area contributed by atoms with Crippen LogP contribution in [-0.2, 0) is 15.0 Å². The van der Waals surface area contributed by atoms with E-state index in [1.165, 1.54) is 0 Å². The quantitative estimate of drug-likeness (QED) is 0.583. The molecule has 7 heteroatoms.